The smallest absolute Gasteiger partial charge is 0.352 e. The average molecular weight is 995 g/mol. The maximum atomic E-state index is 13.6. The zero-order chi connectivity index (χ0) is 50.4. The number of cyclic esters (lactones) is 1. The zero-order valence-electron chi connectivity index (χ0n) is 41.9. The maximum Gasteiger partial charge on any atom is 0.352 e. The highest BCUT2D eigenvalue weighted by molar-refractivity contribution is 5.94. The molecular weight excluding hydrogens is 929 g/mol. The predicted molar refractivity (Wildman–Crippen MR) is 258 cm³/mol. The first-order valence-corrected chi connectivity index (χ1v) is 25.5. The lowest BCUT2D eigenvalue weighted by Gasteiger charge is -2.41. The Hall–Kier alpha value is -6.04. The molecule has 0 saturated carbocycles. The van der Waals surface area contributed by atoms with Crippen LogP contribution in [0, 0.1) is 0 Å². The fourth-order valence-corrected chi connectivity index (χ4v) is 12.8. The van der Waals surface area contributed by atoms with Crippen LogP contribution in [-0.4, -0.2) is 134 Å². The van der Waals surface area contributed by atoms with Crippen molar-refractivity contribution in [1.29, 1.82) is 0 Å². The topological polar surface area (TPSA) is 187 Å². The Bertz CT molecular complexity index is 2600. The molecule has 7 heterocycles. The summed E-state index contributed by atoms with van der Waals surface area (Å²) < 4.78 is 56.9. The fraction of sp³-hybridized carbons (Fsp3) is 0.564. The molecule has 8 atom stereocenters. The van der Waals surface area contributed by atoms with Gasteiger partial charge in [-0.15, -0.1) is 0 Å². The molecule has 0 unspecified atom stereocenters. The monoisotopic (exact) mass is 994 g/mol. The molecule has 2 aromatic carbocycles. The Morgan fingerprint density at radius 1 is 0.722 bits per heavy atom. The van der Waals surface area contributed by atoms with Gasteiger partial charge in [-0.1, -0.05) is 38.2 Å². The number of nitrogens with zero attached hydrogens (tertiary/aromatic N) is 2. The van der Waals surface area contributed by atoms with Crippen LogP contribution in [-0.2, 0) is 60.4 Å². The molecule has 2 spiro atoms. The number of hydrogen-bond donors (Lipinski definition) is 1. The van der Waals surface area contributed by atoms with Crippen molar-refractivity contribution in [2.75, 3.05) is 61.1 Å². The number of esters is 4. The largest absolute Gasteiger partial charge is 0.497 e. The van der Waals surface area contributed by atoms with Crippen LogP contribution >= 0.6 is 0 Å². The summed E-state index contributed by atoms with van der Waals surface area (Å²) in [6.07, 6.45) is 17.2. The standard InChI is InChI=1S/C28H35NO8.C27H31NO7/c1-4-5-6-10-28(32,16-23(30)34-3)26(31)37-25-22(33-2)15-27-9-7-11-29(27)12-8-18-13-20-21(36-17-35-20)14-19(18)24(25)27;1-3-4-5-9-27(15-22(29)35-27)25(30)34-24-21(31-2)14-26-8-6-10-28(26)11-7-17-12-19-20(33-16-32-19)13-18(17)23(24)26/h5-6,13-15,24-25,32H,4,7-12,16-17H2,1-3H3;4-5,12-14,23-24H,3,6-11,15-16H2,1-2H3/b6-5+;5-4+/t24-,25-,27+,28-;23-,24-,26+,27-/m11/s1. The Labute approximate surface area is 419 Å². The number of rotatable bonds is 14. The minimum atomic E-state index is -2.06. The van der Waals surface area contributed by atoms with Gasteiger partial charge in [0.1, 0.15) is 11.5 Å². The van der Waals surface area contributed by atoms with Crippen LogP contribution in [0.2, 0.25) is 0 Å². The van der Waals surface area contributed by atoms with E-state index in [9.17, 15) is 24.3 Å². The van der Waals surface area contributed by atoms with Gasteiger partial charge in [0.2, 0.25) is 19.2 Å². The first-order chi connectivity index (χ1) is 34.8. The molecule has 386 valence electrons. The highest BCUT2D eigenvalue weighted by atomic mass is 16.7. The third-order valence-electron chi connectivity index (χ3n) is 16.3. The van der Waals surface area contributed by atoms with Gasteiger partial charge in [0.25, 0.3) is 0 Å². The van der Waals surface area contributed by atoms with Crippen molar-refractivity contribution in [3.8, 4) is 23.0 Å². The molecule has 0 amide bonds. The third-order valence-corrected chi connectivity index (χ3v) is 16.3. The van der Waals surface area contributed by atoms with Crippen LogP contribution in [0.4, 0.5) is 0 Å². The SMILES string of the molecule is CC/C=C/C[C@@](O)(CC(=O)OC)C(=O)O[C@@H]1C(OC)=C[C@]23CCCN2CCc2cc4c(cc2[C@H]13)OCO4.CC/C=C/C[C@]1(C(=O)O[C@@H]2C(OC)=C[C@]34CCCN3CCc3cc5c(cc3[C@H]24)OCO5)CC(=O)O1. The minimum absolute atomic E-state index is 0.0237. The second-order valence-corrected chi connectivity index (χ2v) is 20.2. The molecule has 0 radical (unpaired) electrons. The number of allylic oxidation sites excluding steroid dienone is 2. The van der Waals surface area contributed by atoms with E-state index in [2.05, 4.69) is 34.1 Å². The average Bonchev–Trinajstić information content (AvgIpc) is 4.24. The quantitative estimate of drug-likeness (QED) is 0.125. The number of aliphatic hydroxyl groups is 1. The van der Waals surface area contributed by atoms with Gasteiger partial charge in [-0.05, 0) is 123 Å². The summed E-state index contributed by atoms with van der Waals surface area (Å²) in [6, 6.07) is 8.16. The van der Waals surface area contributed by atoms with E-state index < -0.39 is 53.3 Å². The van der Waals surface area contributed by atoms with E-state index >= 15 is 0 Å². The summed E-state index contributed by atoms with van der Waals surface area (Å²) in [4.78, 5) is 56.1. The van der Waals surface area contributed by atoms with Gasteiger partial charge in [0, 0.05) is 25.9 Å². The van der Waals surface area contributed by atoms with Crippen molar-refractivity contribution in [1.82, 2.24) is 9.80 Å². The number of methoxy groups -OCH3 is 3. The fourth-order valence-electron chi connectivity index (χ4n) is 12.8. The van der Waals surface area contributed by atoms with Gasteiger partial charge in [-0.3, -0.25) is 19.4 Å². The van der Waals surface area contributed by atoms with Crippen molar-refractivity contribution in [3.05, 3.63) is 94.5 Å². The Morgan fingerprint density at radius 3 is 1.71 bits per heavy atom. The number of benzene rings is 2. The van der Waals surface area contributed by atoms with Crippen LogP contribution in [0.15, 0.2) is 72.2 Å². The molecule has 2 aromatic rings. The van der Waals surface area contributed by atoms with Crippen LogP contribution < -0.4 is 18.9 Å². The summed E-state index contributed by atoms with van der Waals surface area (Å²) in [5.41, 5.74) is 0.391. The summed E-state index contributed by atoms with van der Waals surface area (Å²) in [5, 5.41) is 11.4. The van der Waals surface area contributed by atoms with Gasteiger partial charge < -0.3 is 52.5 Å². The van der Waals surface area contributed by atoms with E-state index in [-0.39, 0.29) is 49.8 Å². The van der Waals surface area contributed by atoms with Gasteiger partial charge >= 0.3 is 23.9 Å². The zero-order valence-corrected chi connectivity index (χ0v) is 41.9. The Balaban J connectivity index is 0.000000166. The summed E-state index contributed by atoms with van der Waals surface area (Å²) >= 11 is 0. The van der Waals surface area contributed by atoms with Gasteiger partial charge in [0.15, 0.2) is 40.8 Å². The molecule has 72 heavy (non-hydrogen) atoms. The van der Waals surface area contributed by atoms with Gasteiger partial charge in [-0.2, -0.15) is 0 Å². The lowest BCUT2D eigenvalue weighted by atomic mass is 9.77. The molecule has 3 saturated heterocycles. The third kappa shape index (κ3) is 8.48. The molecule has 7 aliphatic heterocycles. The van der Waals surface area contributed by atoms with E-state index in [1.807, 2.05) is 44.2 Å². The normalized spacial score (nSPS) is 30.1. The summed E-state index contributed by atoms with van der Waals surface area (Å²) in [5.74, 6) is 1.16. The molecule has 11 rings (SSSR count). The van der Waals surface area contributed by atoms with E-state index in [4.69, 9.17) is 47.4 Å². The van der Waals surface area contributed by atoms with Crippen molar-refractivity contribution in [2.24, 2.45) is 0 Å². The van der Waals surface area contributed by atoms with Gasteiger partial charge in [-0.25, -0.2) is 9.59 Å². The van der Waals surface area contributed by atoms with E-state index in [1.165, 1.54) is 12.7 Å². The number of ether oxygens (including phenoxy) is 10. The van der Waals surface area contributed by atoms with Crippen molar-refractivity contribution in [2.45, 2.75) is 137 Å². The molecule has 1 N–H and O–H groups in total. The summed E-state index contributed by atoms with van der Waals surface area (Å²) in [6.45, 7) is 8.01. The Morgan fingerprint density at radius 2 is 1.22 bits per heavy atom. The maximum absolute atomic E-state index is 13.6. The van der Waals surface area contributed by atoms with Crippen molar-refractivity contribution in [3.63, 3.8) is 0 Å². The molecule has 17 heteroatoms. The molecule has 2 aliphatic carbocycles. The van der Waals surface area contributed by atoms with E-state index in [0.29, 0.717) is 23.7 Å². The number of carbonyl (C=O) groups is 4. The van der Waals surface area contributed by atoms with Crippen molar-refractivity contribution < 1.29 is 71.7 Å². The number of carbonyl (C=O) groups excluding carboxylic acids is 4. The molecule has 9 aliphatic rings. The second-order valence-electron chi connectivity index (χ2n) is 20.2. The molecule has 17 nitrogen and oxygen atoms in total. The second kappa shape index (κ2) is 19.8. The summed E-state index contributed by atoms with van der Waals surface area (Å²) in [7, 11) is 4.42. The first kappa shape index (κ1) is 49.5. The van der Waals surface area contributed by atoms with Crippen LogP contribution in [0.25, 0.3) is 0 Å². The predicted octanol–water partition coefficient (Wildman–Crippen LogP) is 6.38. The lowest BCUT2D eigenvalue weighted by Crippen LogP contribution is -2.56. The van der Waals surface area contributed by atoms with E-state index in [1.54, 1.807) is 20.3 Å². The number of fused-ring (bicyclic) bond motifs is 6. The van der Waals surface area contributed by atoms with Gasteiger partial charge in [0.05, 0.1) is 57.1 Å². The molecule has 0 bridgehead atoms. The highest BCUT2D eigenvalue weighted by Gasteiger charge is 2.62. The van der Waals surface area contributed by atoms with Crippen LogP contribution in [0.5, 0.6) is 23.0 Å². The van der Waals surface area contributed by atoms with E-state index in [0.717, 1.165) is 111 Å². The Kier molecular flexibility index (Phi) is 13.6. The van der Waals surface area contributed by atoms with Crippen LogP contribution in [0.3, 0.4) is 0 Å². The minimum Gasteiger partial charge on any atom is -0.497 e. The lowest BCUT2D eigenvalue weighted by molar-refractivity contribution is -0.210. The van der Waals surface area contributed by atoms with Crippen molar-refractivity contribution >= 4 is 23.9 Å². The molecular formula is C55H66N2O15. The number of hydrogen-bond acceptors (Lipinski definition) is 17. The first-order valence-electron chi connectivity index (χ1n) is 25.5. The van der Waals surface area contributed by atoms with Crippen LogP contribution in [0.1, 0.15) is 112 Å². The highest BCUT2D eigenvalue weighted by Crippen LogP contribution is 2.58. The molecule has 0 aromatic heterocycles. The molecule has 3 fully saturated rings.